The van der Waals surface area contributed by atoms with E-state index in [0.29, 0.717) is 25.3 Å². The summed E-state index contributed by atoms with van der Waals surface area (Å²) in [5.41, 5.74) is 4.31. The van der Waals surface area contributed by atoms with Gasteiger partial charge in [-0.25, -0.2) is 9.78 Å². The quantitative estimate of drug-likeness (QED) is 0.448. The summed E-state index contributed by atoms with van der Waals surface area (Å²) in [6.45, 7) is 8.44. The highest BCUT2D eigenvalue weighted by molar-refractivity contribution is 7.13. The van der Waals surface area contributed by atoms with E-state index < -0.39 is 23.6 Å². The number of ether oxygens (including phenoxy) is 1. The number of aromatic nitrogens is 1. The fourth-order valence-electron chi connectivity index (χ4n) is 4.52. The van der Waals surface area contributed by atoms with E-state index in [1.165, 1.54) is 0 Å². The maximum absolute atomic E-state index is 13.6. The van der Waals surface area contributed by atoms with E-state index in [1.807, 2.05) is 63.5 Å². The van der Waals surface area contributed by atoms with Gasteiger partial charge in [0.15, 0.2) is 0 Å². The molecule has 3 aromatic rings. The van der Waals surface area contributed by atoms with Crippen LogP contribution in [0.1, 0.15) is 44.9 Å². The third-order valence-electron chi connectivity index (χ3n) is 6.60. The van der Waals surface area contributed by atoms with Crippen LogP contribution in [0.25, 0.3) is 10.4 Å². The second-order valence-electron chi connectivity index (χ2n) is 10.5. The fraction of sp³-hybridized carbons (Fsp3) is 0.379. The first-order chi connectivity index (χ1) is 18.1. The maximum atomic E-state index is 13.6. The molecule has 3 amide bonds. The zero-order valence-electron chi connectivity index (χ0n) is 22.2. The van der Waals surface area contributed by atoms with Crippen molar-refractivity contribution in [2.75, 3.05) is 6.54 Å². The van der Waals surface area contributed by atoms with Crippen molar-refractivity contribution in [3.05, 3.63) is 71.4 Å². The number of hydrogen-bond acceptors (Lipinski definition) is 6. The Morgan fingerprint density at radius 3 is 2.45 bits per heavy atom. The highest BCUT2D eigenvalue weighted by Gasteiger charge is 2.42. The van der Waals surface area contributed by atoms with Gasteiger partial charge < -0.3 is 20.3 Å². The number of amides is 3. The Hall–Kier alpha value is -3.72. The molecule has 38 heavy (non-hydrogen) atoms. The number of carbonyl (C=O) groups is 3. The van der Waals surface area contributed by atoms with Gasteiger partial charge in [-0.05, 0) is 48.4 Å². The van der Waals surface area contributed by atoms with E-state index in [0.717, 1.165) is 28.1 Å². The summed E-state index contributed by atoms with van der Waals surface area (Å²) in [7, 11) is 0. The molecule has 1 saturated heterocycles. The van der Waals surface area contributed by atoms with Crippen LogP contribution < -0.4 is 15.4 Å². The van der Waals surface area contributed by atoms with Crippen molar-refractivity contribution in [3.8, 4) is 16.2 Å². The number of likely N-dealkylation sites (tertiary alicyclic amines) is 1. The van der Waals surface area contributed by atoms with Crippen LogP contribution in [0.3, 0.4) is 0 Å². The van der Waals surface area contributed by atoms with Gasteiger partial charge >= 0.3 is 6.09 Å². The number of aryl methyl sites for hydroxylation is 1. The minimum absolute atomic E-state index is 0.197. The zero-order valence-corrected chi connectivity index (χ0v) is 23.0. The Morgan fingerprint density at radius 1 is 1.11 bits per heavy atom. The average Bonchev–Trinajstić information content (AvgIpc) is 3.55. The van der Waals surface area contributed by atoms with Crippen molar-refractivity contribution in [3.63, 3.8) is 0 Å². The second kappa shape index (κ2) is 11.8. The summed E-state index contributed by atoms with van der Waals surface area (Å²) in [5, 5.41) is 5.72. The normalized spacial score (nSPS) is 16.1. The minimum Gasteiger partial charge on any atom is -0.410 e. The second-order valence-corrected chi connectivity index (χ2v) is 11.4. The Morgan fingerprint density at radius 2 is 1.82 bits per heavy atom. The smallest absolute Gasteiger partial charge is 0.410 e. The van der Waals surface area contributed by atoms with Gasteiger partial charge in [0.05, 0.1) is 16.1 Å². The molecule has 200 valence electrons. The molecular formula is C29H34N4O4S. The SMILES string of the molecule is Cc1ncsc1-c1ccc(CNC(=O)[C@@H]2CCCN2C(=O)C(NC(=O)Oc2ccccc2)C(C)(C)C)cc1. The fourth-order valence-corrected chi connectivity index (χ4v) is 5.33. The Labute approximate surface area is 227 Å². The van der Waals surface area contributed by atoms with Crippen LogP contribution in [0.4, 0.5) is 4.79 Å². The molecule has 0 radical (unpaired) electrons. The number of thiazole rings is 1. The van der Waals surface area contributed by atoms with E-state index in [9.17, 15) is 14.4 Å². The van der Waals surface area contributed by atoms with Gasteiger partial charge in [0, 0.05) is 13.1 Å². The van der Waals surface area contributed by atoms with Crippen LogP contribution in [0.2, 0.25) is 0 Å². The van der Waals surface area contributed by atoms with E-state index >= 15 is 0 Å². The number of nitrogens with zero attached hydrogens (tertiary/aromatic N) is 2. The van der Waals surface area contributed by atoms with Gasteiger partial charge in [-0.2, -0.15) is 0 Å². The summed E-state index contributed by atoms with van der Waals surface area (Å²) in [5.74, 6) is -0.0963. The lowest BCUT2D eigenvalue weighted by molar-refractivity contribution is -0.141. The third kappa shape index (κ3) is 6.58. The summed E-state index contributed by atoms with van der Waals surface area (Å²) >= 11 is 1.60. The van der Waals surface area contributed by atoms with Crippen molar-refractivity contribution in [2.24, 2.45) is 5.41 Å². The van der Waals surface area contributed by atoms with E-state index in [2.05, 4.69) is 15.6 Å². The summed E-state index contributed by atoms with van der Waals surface area (Å²) in [4.78, 5) is 46.4. The number of carbonyl (C=O) groups excluding carboxylic acids is 3. The van der Waals surface area contributed by atoms with E-state index in [1.54, 1.807) is 40.5 Å². The first-order valence-electron chi connectivity index (χ1n) is 12.7. The van der Waals surface area contributed by atoms with Gasteiger partial charge in [-0.1, -0.05) is 63.2 Å². The molecule has 1 aromatic heterocycles. The van der Waals surface area contributed by atoms with Crippen LogP contribution in [0.15, 0.2) is 60.1 Å². The number of para-hydroxylation sites is 1. The Balaban J connectivity index is 1.38. The monoisotopic (exact) mass is 534 g/mol. The molecule has 1 aliphatic rings. The number of rotatable bonds is 7. The molecule has 2 N–H and O–H groups in total. The molecule has 2 heterocycles. The van der Waals surface area contributed by atoms with Gasteiger partial charge in [0.25, 0.3) is 0 Å². The molecule has 2 atom stereocenters. The van der Waals surface area contributed by atoms with Gasteiger partial charge in [-0.3, -0.25) is 9.59 Å². The van der Waals surface area contributed by atoms with Crippen molar-refractivity contribution in [1.82, 2.24) is 20.5 Å². The average molecular weight is 535 g/mol. The van der Waals surface area contributed by atoms with E-state index in [-0.39, 0.29) is 11.8 Å². The topological polar surface area (TPSA) is 101 Å². The number of hydrogen-bond donors (Lipinski definition) is 2. The minimum atomic E-state index is -0.852. The largest absolute Gasteiger partial charge is 0.413 e. The third-order valence-corrected chi connectivity index (χ3v) is 7.57. The van der Waals surface area contributed by atoms with Crippen LogP contribution >= 0.6 is 11.3 Å². The lowest BCUT2D eigenvalue weighted by Gasteiger charge is -2.35. The predicted molar refractivity (Wildman–Crippen MR) is 148 cm³/mol. The van der Waals surface area contributed by atoms with Gasteiger partial charge in [0.2, 0.25) is 11.8 Å². The Kier molecular flexibility index (Phi) is 8.46. The number of nitrogens with one attached hydrogen (secondary N) is 2. The predicted octanol–water partition coefficient (Wildman–Crippen LogP) is 4.93. The standard InChI is InChI=1S/C29H34N4O4S/c1-19-24(38-18-31-19)21-14-12-20(13-15-21)17-30-26(34)23-11-8-16-33(23)27(35)25(29(2,3)4)32-28(36)37-22-9-6-5-7-10-22/h5-7,9-10,12-15,18,23,25H,8,11,16-17H2,1-4H3,(H,30,34)(H,32,36)/t23-,25?/m0/s1. The highest BCUT2D eigenvalue weighted by Crippen LogP contribution is 2.28. The molecule has 4 rings (SSSR count). The van der Waals surface area contributed by atoms with Crippen LogP contribution in [-0.4, -0.2) is 46.4 Å². The molecule has 1 aliphatic heterocycles. The molecule has 2 aromatic carbocycles. The summed E-state index contributed by atoms with van der Waals surface area (Å²) in [6.07, 6.45) is 0.589. The molecule has 0 aliphatic carbocycles. The maximum Gasteiger partial charge on any atom is 0.413 e. The molecule has 1 unspecified atom stereocenters. The lowest BCUT2D eigenvalue weighted by Crippen LogP contribution is -2.58. The molecule has 0 bridgehead atoms. The van der Waals surface area contributed by atoms with Crippen molar-refractivity contribution in [1.29, 1.82) is 0 Å². The summed E-state index contributed by atoms with van der Waals surface area (Å²) < 4.78 is 5.35. The van der Waals surface area contributed by atoms with Crippen molar-refractivity contribution >= 4 is 29.2 Å². The van der Waals surface area contributed by atoms with Crippen LogP contribution in [0, 0.1) is 12.3 Å². The van der Waals surface area contributed by atoms with Crippen LogP contribution in [0.5, 0.6) is 5.75 Å². The molecule has 9 heteroatoms. The Bertz CT molecular complexity index is 1270. The van der Waals surface area contributed by atoms with Gasteiger partial charge in [0.1, 0.15) is 17.8 Å². The van der Waals surface area contributed by atoms with Crippen LogP contribution in [-0.2, 0) is 16.1 Å². The molecular weight excluding hydrogens is 500 g/mol. The highest BCUT2D eigenvalue weighted by atomic mass is 32.1. The van der Waals surface area contributed by atoms with Crippen molar-refractivity contribution < 1.29 is 19.1 Å². The molecule has 8 nitrogen and oxygen atoms in total. The molecule has 0 spiro atoms. The van der Waals surface area contributed by atoms with Gasteiger partial charge in [-0.15, -0.1) is 11.3 Å². The molecule has 0 saturated carbocycles. The summed E-state index contributed by atoms with van der Waals surface area (Å²) in [6, 6.07) is 15.3. The van der Waals surface area contributed by atoms with E-state index in [4.69, 9.17) is 4.74 Å². The van der Waals surface area contributed by atoms with Crippen molar-refractivity contribution in [2.45, 2.75) is 59.2 Å². The lowest BCUT2D eigenvalue weighted by atomic mass is 9.85. The first kappa shape index (κ1) is 27.3. The zero-order chi connectivity index (χ0) is 27.3. The first-order valence-corrected chi connectivity index (χ1v) is 13.6. The molecule has 1 fully saturated rings. The number of benzene rings is 2.